The summed E-state index contributed by atoms with van der Waals surface area (Å²) in [5.41, 5.74) is 1.92. The Hall–Kier alpha value is -1.52. The number of benzene rings is 1. The molecule has 0 aliphatic heterocycles. The molecular weight excluding hydrogens is 304 g/mol. The van der Waals surface area contributed by atoms with E-state index in [0.717, 1.165) is 34.9 Å². The van der Waals surface area contributed by atoms with Crippen molar-refractivity contribution >= 4 is 34.6 Å². The summed E-state index contributed by atoms with van der Waals surface area (Å²) in [4.78, 5) is 0. The zero-order chi connectivity index (χ0) is 15.2. The number of halogens is 1. The van der Waals surface area contributed by atoms with Crippen molar-refractivity contribution in [3.8, 4) is 0 Å². The third-order valence-electron chi connectivity index (χ3n) is 3.30. The van der Waals surface area contributed by atoms with Crippen LogP contribution in [0.3, 0.4) is 0 Å². The fourth-order valence-electron chi connectivity index (χ4n) is 2.01. The Morgan fingerprint density at radius 3 is 2.86 bits per heavy atom. The van der Waals surface area contributed by atoms with E-state index in [1.54, 1.807) is 6.26 Å². The molecular formula is C16H19ClN2OS. The maximum Gasteiger partial charge on any atom is 0.170 e. The first-order valence-corrected chi connectivity index (χ1v) is 7.70. The van der Waals surface area contributed by atoms with Gasteiger partial charge in [0.25, 0.3) is 0 Å². The number of nitrogens with one attached hydrogen (secondary N) is 2. The number of aryl methyl sites for hydroxylation is 1. The minimum Gasteiger partial charge on any atom is -0.469 e. The molecule has 0 aliphatic carbocycles. The molecule has 2 rings (SSSR count). The van der Waals surface area contributed by atoms with E-state index in [0.29, 0.717) is 5.11 Å². The maximum atomic E-state index is 6.10. The molecule has 21 heavy (non-hydrogen) atoms. The summed E-state index contributed by atoms with van der Waals surface area (Å²) in [5.74, 6) is 0.994. The van der Waals surface area contributed by atoms with Gasteiger partial charge in [0.15, 0.2) is 5.11 Å². The van der Waals surface area contributed by atoms with Crippen LogP contribution >= 0.6 is 23.8 Å². The zero-order valence-electron chi connectivity index (χ0n) is 12.2. The van der Waals surface area contributed by atoms with Crippen molar-refractivity contribution in [1.29, 1.82) is 0 Å². The van der Waals surface area contributed by atoms with Crippen LogP contribution in [0.15, 0.2) is 41.0 Å². The van der Waals surface area contributed by atoms with E-state index in [4.69, 9.17) is 28.2 Å². The summed E-state index contributed by atoms with van der Waals surface area (Å²) in [6.07, 6.45) is 3.53. The fraction of sp³-hybridized carbons (Fsp3) is 0.312. The molecule has 0 radical (unpaired) electrons. The minimum atomic E-state index is 0.259. The molecule has 1 atom stereocenters. The molecule has 2 N–H and O–H groups in total. The Bertz CT molecular complexity index is 598. The van der Waals surface area contributed by atoms with Crippen molar-refractivity contribution in [2.75, 3.05) is 5.32 Å². The largest absolute Gasteiger partial charge is 0.469 e. The highest BCUT2D eigenvalue weighted by atomic mass is 35.5. The summed E-state index contributed by atoms with van der Waals surface area (Å²) < 4.78 is 5.32. The molecule has 3 nitrogen and oxygen atoms in total. The van der Waals surface area contributed by atoms with Crippen molar-refractivity contribution in [2.24, 2.45) is 0 Å². The molecule has 0 amide bonds. The molecule has 112 valence electrons. The molecule has 5 heteroatoms. The van der Waals surface area contributed by atoms with E-state index in [1.807, 2.05) is 37.3 Å². The lowest BCUT2D eigenvalue weighted by Gasteiger charge is -2.17. The Labute approximate surface area is 135 Å². The lowest BCUT2D eigenvalue weighted by molar-refractivity contribution is 0.483. The van der Waals surface area contributed by atoms with Crippen LogP contribution < -0.4 is 10.6 Å². The van der Waals surface area contributed by atoms with Gasteiger partial charge < -0.3 is 15.1 Å². The second-order valence-electron chi connectivity index (χ2n) is 5.03. The first-order valence-electron chi connectivity index (χ1n) is 6.91. The topological polar surface area (TPSA) is 37.2 Å². The average Bonchev–Trinajstić information content (AvgIpc) is 2.95. The minimum absolute atomic E-state index is 0.259. The number of hydrogen-bond donors (Lipinski definition) is 2. The van der Waals surface area contributed by atoms with E-state index in [9.17, 15) is 0 Å². The highest BCUT2D eigenvalue weighted by Crippen LogP contribution is 2.22. The molecule has 0 saturated carbocycles. The smallest absolute Gasteiger partial charge is 0.170 e. The second-order valence-corrected chi connectivity index (χ2v) is 5.85. The van der Waals surface area contributed by atoms with E-state index in [1.165, 1.54) is 0 Å². The van der Waals surface area contributed by atoms with Crippen LogP contribution in [0.25, 0.3) is 0 Å². The van der Waals surface area contributed by atoms with Crippen LogP contribution in [0.5, 0.6) is 0 Å². The summed E-state index contributed by atoms with van der Waals surface area (Å²) in [6.45, 7) is 4.06. The van der Waals surface area contributed by atoms with Gasteiger partial charge in [-0.25, -0.2) is 0 Å². The molecule has 0 saturated heterocycles. The summed E-state index contributed by atoms with van der Waals surface area (Å²) in [5, 5.41) is 7.79. The number of thiocarbonyl (C=S) groups is 1. The van der Waals surface area contributed by atoms with Gasteiger partial charge >= 0.3 is 0 Å². The number of rotatable bonds is 5. The second kappa shape index (κ2) is 7.48. The van der Waals surface area contributed by atoms with Crippen molar-refractivity contribution in [2.45, 2.75) is 32.7 Å². The predicted molar refractivity (Wildman–Crippen MR) is 92.0 cm³/mol. The van der Waals surface area contributed by atoms with Gasteiger partial charge in [0.1, 0.15) is 5.76 Å². The molecule has 1 aromatic carbocycles. The van der Waals surface area contributed by atoms with Crippen LogP contribution in [0.1, 0.15) is 24.7 Å². The molecule has 0 spiro atoms. The molecule has 0 bridgehead atoms. The summed E-state index contributed by atoms with van der Waals surface area (Å²) in [7, 11) is 0. The normalized spacial score (nSPS) is 12.0. The highest BCUT2D eigenvalue weighted by Gasteiger charge is 2.08. The Morgan fingerprint density at radius 2 is 2.14 bits per heavy atom. The quantitative estimate of drug-likeness (QED) is 0.792. The summed E-state index contributed by atoms with van der Waals surface area (Å²) >= 11 is 11.4. The van der Waals surface area contributed by atoms with E-state index >= 15 is 0 Å². The molecule has 0 unspecified atom stereocenters. The molecule has 1 aromatic heterocycles. The van der Waals surface area contributed by atoms with Gasteiger partial charge in [-0.15, -0.1) is 0 Å². The standard InChI is InChI=1S/C16H19ClN2OS/c1-11(8-9-13-5-4-10-20-13)18-16(21)19-15-7-3-6-14(17)12(15)2/h3-7,10-11H,8-9H2,1-2H3,(H2,18,19,21)/t11-/m0/s1. The predicted octanol–water partition coefficient (Wildman–Crippen LogP) is 4.55. The SMILES string of the molecule is Cc1c(Cl)cccc1NC(=S)N[C@@H](C)CCc1ccco1. The number of hydrogen-bond acceptors (Lipinski definition) is 2. The number of anilines is 1. The van der Waals surface area contributed by atoms with Gasteiger partial charge in [-0.3, -0.25) is 0 Å². The molecule has 0 aliphatic rings. The maximum absolute atomic E-state index is 6.10. The zero-order valence-corrected chi connectivity index (χ0v) is 13.7. The van der Waals surface area contributed by atoms with Crippen LogP contribution in [-0.4, -0.2) is 11.2 Å². The highest BCUT2D eigenvalue weighted by molar-refractivity contribution is 7.80. The van der Waals surface area contributed by atoms with Crippen molar-refractivity contribution in [3.05, 3.63) is 52.9 Å². The van der Waals surface area contributed by atoms with Gasteiger partial charge in [0, 0.05) is 23.2 Å². The Balaban J connectivity index is 1.82. The van der Waals surface area contributed by atoms with Crippen LogP contribution in [0.2, 0.25) is 5.02 Å². The summed E-state index contributed by atoms with van der Waals surface area (Å²) in [6, 6.07) is 9.88. The average molecular weight is 323 g/mol. The van der Waals surface area contributed by atoms with Crippen LogP contribution in [0.4, 0.5) is 5.69 Å². The van der Waals surface area contributed by atoms with Gasteiger partial charge in [-0.2, -0.15) is 0 Å². The van der Waals surface area contributed by atoms with Gasteiger partial charge in [0.2, 0.25) is 0 Å². The molecule has 2 aromatic rings. The fourth-order valence-corrected chi connectivity index (χ4v) is 2.50. The van der Waals surface area contributed by atoms with Crippen molar-refractivity contribution < 1.29 is 4.42 Å². The lowest BCUT2D eigenvalue weighted by Crippen LogP contribution is -2.36. The molecule has 0 fully saturated rings. The Morgan fingerprint density at radius 1 is 1.33 bits per heavy atom. The van der Waals surface area contributed by atoms with E-state index in [2.05, 4.69) is 17.6 Å². The third-order valence-corrected chi connectivity index (χ3v) is 3.93. The monoisotopic (exact) mass is 322 g/mol. The van der Waals surface area contributed by atoms with Gasteiger partial charge in [-0.1, -0.05) is 17.7 Å². The third kappa shape index (κ3) is 4.76. The first kappa shape index (κ1) is 15.9. The van der Waals surface area contributed by atoms with Crippen molar-refractivity contribution in [1.82, 2.24) is 5.32 Å². The van der Waals surface area contributed by atoms with Crippen LogP contribution in [0, 0.1) is 6.92 Å². The number of furan rings is 1. The first-order chi connectivity index (χ1) is 10.1. The van der Waals surface area contributed by atoms with Gasteiger partial charge in [0.05, 0.1) is 6.26 Å². The van der Waals surface area contributed by atoms with E-state index < -0.39 is 0 Å². The van der Waals surface area contributed by atoms with Gasteiger partial charge in [-0.05, 0) is 62.3 Å². The van der Waals surface area contributed by atoms with Crippen molar-refractivity contribution in [3.63, 3.8) is 0 Å². The van der Waals surface area contributed by atoms with E-state index in [-0.39, 0.29) is 6.04 Å². The Kier molecular flexibility index (Phi) is 5.65. The van der Waals surface area contributed by atoms with Crippen LogP contribution in [-0.2, 0) is 6.42 Å². The lowest BCUT2D eigenvalue weighted by atomic mass is 10.1. The molecule has 1 heterocycles.